The van der Waals surface area contributed by atoms with Gasteiger partial charge in [-0.3, -0.25) is 0 Å². The van der Waals surface area contributed by atoms with E-state index in [4.69, 9.17) is 8.83 Å². The van der Waals surface area contributed by atoms with E-state index in [-0.39, 0.29) is 0 Å². The largest absolute Gasteiger partial charge is 0.456 e. The summed E-state index contributed by atoms with van der Waals surface area (Å²) in [5, 5.41) is 9.17. The van der Waals surface area contributed by atoms with Crippen molar-refractivity contribution in [2.24, 2.45) is 0 Å². The Morgan fingerprint density at radius 2 is 0.526 bits per heavy atom. The molecule has 0 spiro atoms. The number of para-hydroxylation sites is 6. The van der Waals surface area contributed by atoms with Crippen LogP contribution < -0.4 is 26.2 Å². The molecule has 2 aliphatic rings. The molecule has 21 rings (SSSR count). The molecule has 0 saturated heterocycles. The molecule has 6 nitrogen and oxygen atoms in total. The van der Waals surface area contributed by atoms with E-state index in [1.54, 1.807) is 0 Å². The van der Waals surface area contributed by atoms with Crippen LogP contribution in [0.3, 0.4) is 0 Å². The molecule has 2 aliphatic heterocycles. The zero-order valence-corrected chi connectivity index (χ0v) is 52.4. The second kappa shape index (κ2) is 20.8. The molecule has 0 atom stereocenters. The fourth-order valence-electron chi connectivity index (χ4n) is 16.6. The molecule has 0 saturated carbocycles. The first-order valence-corrected chi connectivity index (χ1v) is 33.3. The summed E-state index contributed by atoms with van der Waals surface area (Å²) in [7, 11) is 0. The van der Waals surface area contributed by atoms with E-state index in [0.29, 0.717) is 0 Å². The molecule has 0 radical (unpaired) electrons. The summed E-state index contributed by atoms with van der Waals surface area (Å²) >= 11 is 0. The number of nitrogens with zero attached hydrogens (tertiary/aromatic N) is 4. The van der Waals surface area contributed by atoms with Gasteiger partial charge in [0.15, 0.2) is 0 Å². The molecular formula is C90H55BN4O2. The number of furan rings is 2. The van der Waals surface area contributed by atoms with Gasteiger partial charge in [-0.2, -0.15) is 0 Å². The lowest BCUT2D eigenvalue weighted by Gasteiger charge is -2.44. The second-order valence-electron chi connectivity index (χ2n) is 25.8. The Kier molecular flexibility index (Phi) is 11.5. The van der Waals surface area contributed by atoms with E-state index in [1.165, 1.54) is 21.5 Å². The summed E-state index contributed by atoms with van der Waals surface area (Å²) in [6.45, 7) is -0.435. The van der Waals surface area contributed by atoms with Crippen molar-refractivity contribution in [1.29, 1.82) is 0 Å². The Balaban J connectivity index is 0.918. The highest BCUT2D eigenvalue weighted by molar-refractivity contribution is 7.03. The van der Waals surface area contributed by atoms with Crippen LogP contribution in [0.25, 0.3) is 143 Å². The minimum atomic E-state index is -0.435. The predicted octanol–water partition coefficient (Wildman–Crippen LogP) is 22.4. The van der Waals surface area contributed by atoms with Gasteiger partial charge in [-0.1, -0.05) is 224 Å². The van der Waals surface area contributed by atoms with E-state index in [9.17, 15) is 0 Å². The molecule has 7 heteroatoms. The van der Waals surface area contributed by atoms with Gasteiger partial charge in [-0.05, 0) is 170 Å². The van der Waals surface area contributed by atoms with Crippen molar-refractivity contribution in [2.45, 2.75) is 0 Å². The zero-order valence-electron chi connectivity index (χ0n) is 52.4. The average molecular weight is 1240 g/mol. The molecule has 0 bridgehead atoms. The summed E-state index contributed by atoms with van der Waals surface area (Å²) in [5.41, 5.74) is 28.5. The van der Waals surface area contributed by atoms with Crippen molar-refractivity contribution < 1.29 is 8.83 Å². The van der Waals surface area contributed by atoms with Crippen molar-refractivity contribution in [1.82, 2.24) is 9.13 Å². The fraction of sp³-hybridized carbons (Fsp3) is 0. The van der Waals surface area contributed by atoms with Gasteiger partial charge in [0.05, 0.1) is 22.1 Å². The minimum Gasteiger partial charge on any atom is -0.456 e. The Morgan fingerprint density at radius 1 is 0.227 bits per heavy atom. The number of rotatable bonds is 8. The molecule has 0 amide bonds. The molecule has 15 aromatic carbocycles. The predicted molar refractivity (Wildman–Crippen MR) is 405 cm³/mol. The fourth-order valence-corrected chi connectivity index (χ4v) is 16.6. The SMILES string of the molecule is c1ccc(-c2ccccc2-c2cc3c4c(c2)N(c2ccc(-n5c6ccccc6c6ccccc65)cc2)c2cc(-c5ccccc5)c5c(oc6ccccc65)c2B4c2c(cc(-c4ccccc4)c4c2oc2ccccc24)N3c2ccc(-n3c4ccccc4c4ccccc43)cc2)cc1. The second-order valence-corrected chi connectivity index (χ2v) is 25.8. The lowest BCUT2D eigenvalue weighted by molar-refractivity contribution is 0.671. The molecule has 19 aromatic rings. The van der Waals surface area contributed by atoms with E-state index in [1.807, 2.05) is 0 Å². The van der Waals surface area contributed by atoms with Crippen LogP contribution in [0.1, 0.15) is 0 Å². The van der Waals surface area contributed by atoms with E-state index >= 15 is 0 Å². The summed E-state index contributed by atoms with van der Waals surface area (Å²) in [6.07, 6.45) is 0. The van der Waals surface area contributed by atoms with Gasteiger partial charge in [0.25, 0.3) is 6.71 Å². The maximum Gasteiger partial charge on any atom is 0.261 e. The van der Waals surface area contributed by atoms with Crippen LogP contribution in [0.2, 0.25) is 0 Å². The summed E-state index contributed by atoms with van der Waals surface area (Å²) < 4.78 is 20.1. The highest BCUT2D eigenvalue weighted by Gasteiger charge is 2.48. The van der Waals surface area contributed by atoms with Crippen LogP contribution in [0.4, 0.5) is 34.1 Å². The standard InChI is InChI=1S/C90H55BN4O2/c1-4-24-56(25-5-1)64-30-10-11-31-65(64)59-52-78-86-79(53-59)95(63-50-46-61(47-51-63)93-76-40-20-14-34-68(76)69-35-15-21-41-77(69)93)81-55-73(58-28-8-3-9-29-58)85-71-37-17-23-43-83(71)97-90(85)88(81)91(86)87-80(54-72(57-26-6-2-7-27-57)84-70-36-16-22-42-82(70)96-89(84)87)94(78)62-48-44-60(45-49-62)92-74-38-18-12-32-66(74)67-33-13-19-39-75(67)92/h1-55H. The van der Waals surface area contributed by atoms with Crippen LogP contribution in [0, 0.1) is 0 Å². The molecule has 4 aromatic heterocycles. The first-order chi connectivity index (χ1) is 48.2. The lowest BCUT2D eigenvalue weighted by atomic mass is 9.33. The summed E-state index contributed by atoms with van der Waals surface area (Å²) in [6, 6.07) is 122. The molecule has 97 heavy (non-hydrogen) atoms. The lowest BCUT2D eigenvalue weighted by Crippen LogP contribution is -2.61. The van der Waals surface area contributed by atoms with Crippen molar-refractivity contribution in [3.8, 4) is 55.9 Å². The third kappa shape index (κ3) is 7.85. The van der Waals surface area contributed by atoms with Crippen LogP contribution in [-0.4, -0.2) is 15.8 Å². The number of fused-ring (bicyclic) bond motifs is 18. The third-order valence-corrected chi connectivity index (χ3v) is 20.7. The van der Waals surface area contributed by atoms with Crippen LogP contribution in [-0.2, 0) is 0 Å². The molecule has 0 aliphatic carbocycles. The van der Waals surface area contributed by atoms with Gasteiger partial charge >= 0.3 is 0 Å². The molecular weight excluding hydrogens is 1180 g/mol. The Bertz CT molecular complexity index is 5990. The zero-order chi connectivity index (χ0) is 63.4. The first-order valence-electron chi connectivity index (χ1n) is 33.3. The van der Waals surface area contributed by atoms with E-state index in [0.717, 1.165) is 172 Å². The number of hydrogen-bond donors (Lipinski definition) is 0. The summed E-state index contributed by atoms with van der Waals surface area (Å²) in [5.74, 6) is 0. The van der Waals surface area contributed by atoms with Crippen molar-refractivity contribution >= 4 is 145 Å². The minimum absolute atomic E-state index is 0.435. The average Bonchev–Trinajstić information content (AvgIpc) is 1.61. The highest BCUT2D eigenvalue weighted by Crippen LogP contribution is 2.53. The number of aromatic nitrogens is 2. The first kappa shape index (κ1) is 53.6. The van der Waals surface area contributed by atoms with Crippen LogP contribution >= 0.6 is 0 Å². The van der Waals surface area contributed by atoms with Crippen molar-refractivity contribution in [3.63, 3.8) is 0 Å². The van der Waals surface area contributed by atoms with E-state index in [2.05, 4.69) is 353 Å². The number of anilines is 6. The normalized spacial score (nSPS) is 12.7. The Morgan fingerprint density at radius 3 is 0.918 bits per heavy atom. The monoisotopic (exact) mass is 1230 g/mol. The summed E-state index contributed by atoms with van der Waals surface area (Å²) in [4.78, 5) is 5.10. The van der Waals surface area contributed by atoms with Crippen LogP contribution in [0.15, 0.2) is 342 Å². The number of hydrogen-bond acceptors (Lipinski definition) is 4. The quantitative estimate of drug-likeness (QED) is 0.142. The Labute approximate surface area is 558 Å². The van der Waals surface area contributed by atoms with E-state index < -0.39 is 6.71 Å². The topological polar surface area (TPSA) is 42.6 Å². The highest BCUT2D eigenvalue weighted by atomic mass is 16.3. The molecule has 6 heterocycles. The molecule has 450 valence electrons. The van der Waals surface area contributed by atoms with Crippen LogP contribution in [0.5, 0.6) is 0 Å². The number of benzene rings is 15. The van der Waals surface area contributed by atoms with Gasteiger partial charge in [0.1, 0.15) is 22.3 Å². The maximum atomic E-state index is 7.64. The maximum absolute atomic E-state index is 7.64. The third-order valence-electron chi connectivity index (χ3n) is 20.7. The van der Waals surface area contributed by atoms with Gasteiger partial charge in [-0.15, -0.1) is 0 Å². The molecule has 0 fully saturated rings. The van der Waals surface area contributed by atoms with Crippen molar-refractivity contribution in [3.05, 3.63) is 334 Å². The van der Waals surface area contributed by atoms with Gasteiger partial charge in [-0.25, -0.2) is 0 Å². The van der Waals surface area contributed by atoms with Gasteiger partial charge in [0.2, 0.25) is 0 Å². The van der Waals surface area contributed by atoms with Crippen molar-refractivity contribution in [2.75, 3.05) is 9.80 Å². The molecule has 0 unspecified atom stereocenters. The Hall–Kier alpha value is -12.8. The molecule has 0 N–H and O–H groups in total. The van der Waals surface area contributed by atoms with Gasteiger partial charge in [0, 0.05) is 88.6 Å². The smallest absolute Gasteiger partial charge is 0.261 e. The van der Waals surface area contributed by atoms with Gasteiger partial charge < -0.3 is 27.8 Å².